The van der Waals surface area contributed by atoms with E-state index in [9.17, 15) is 0 Å². The molecule has 4 heteroatoms. The van der Waals surface area contributed by atoms with Crippen molar-refractivity contribution in [3.05, 3.63) is 53.9 Å². The van der Waals surface area contributed by atoms with Gasteiger partial charge in [-0.15, -0.1) is 0 Å². The van der Waals surface area contributed by atoms with Gasteiger partial charge in [0.1, 0.15) is 0 Å². The molecule has 0 radical (unpaired) electrons. The van der Waals surface area contributed by atoms with Gasteiger partial charge in [-0.3, -0.25) is 0 Å². The minimum Gasteiger partial charge on any atom is -0.325 e. The fourth-order valence-corrected chi connectivity index (χ4v) is 2.07. The van der Waals surface area contributed by atoms with E-state index in [4.69, 9.17) is 5.73 Å². The summed E-state index contributed by atoms with van der Waals surface area (Å²) in [7, 11) is 0. The highest BCUT2D eigenvalue weighted by Crippen LogP contribution is 2.19. The van der Waals surface area contributed by atoms with Crippen LogP contribution in [0.15, 0.2) is 42.5 Å². The summed E-state index contributed by atoms with van der Waals surface area (Å²) in [5, 5.41) is 4.57. The normalized spacial score (nSPS) is 11.0. The molecule has 3 rings (SSSR count). The molecule has 0 aliphatic carbocycles. The number of nitrogens with two attached hydrogens (primary N) is 1. The van der Waals surface area contributed by atoms with Crippen LogP contribution in [0.5, 0.6) is 0 Å². The lowest BCUT2D eigenvalue weighted by Crippen LogP contribution is -2.06. The van der Waals surface area contributed by atoms with Gasteiger partial charge in [0.15, 0.2) is 5.65 Å². The lowest BCUT2D eigenvalue weighted by molar-refractivity contribution is 0.831. The molecule has 90 valence electrons. The van der Waals surface area contributed by atoms with Crippen LogP contribution >= 0.6 is 0 Å². The van der Waals surface area contributed by atoms with Crippen molar-refractivity contribution in [3.8, 4) is 11.3 Å². The molecule has 0 fully saturated rings. The number of aromatic nitrogens is 3. The quantitative estimate of drug-likeness (QED) is 0.744. The van der Waals surface area contributed by atoms with E-state index in [1.165, 1.54) is 0 Å². The van der Waals surface area contributed by atoms with Crippen LogP contribution in [0.1, 0.15) is 11.4 Å². The van der Waals surface area contributed by atoms with Gasteiger partial charge in [-0.1, -0.05) is 30.3 Å². The third-order valence-electron chi connectivity index (χ3n) is 2.91. The third kappa shape index (κ3) is 1.76. The monoisotopic (exact) mass is 238 g/mol. The second-order valence-electron chi connectivity index (χ2n) is 4.26. The molecule has 0 unspecified atom stereocenters. The zero-order chi connectivity index (χ0) is 12.5. The summed E-state index contributed by atoms with van der Waals surface area (Å²) >= 11 is 0. The van der Waals surface area contributed by atoms with Gasteiger partial charge >= 0.3 is 0 Å². The van der Waals surface area contributed by atoms with Gasteiger partial charge < -0.3 is 5.73 Å². The summed E-state index contributed by atoms with van der Waals surface area (Å²) in [6, 6.07) is 14.0. The van der Waals surface area contributed by atoms with E-state index in [-0.39, 0.29) is 0 Å². The third-order valence-corrected chi connectivity index (χ3v) is 2.91. The van der Waals surface area contributed by atoms with Gasteiger partial charge in [0, 0.05) is 23.9 Å². The molecule has 0 bridgehead atoms. The second-order valence-corrected chi connectivity index (χ2v) is 4.26. The van der Waals surface area contributed by atoms with Crippen LogP contribution < -0.4 is 5.73 Å². The Labute approximate surface area is 105 Å². The topological polar surface area (TPSA) is 56.2 Å². The van der Waals surface area contributed by atoms with Crippen molar-refractivity contribution < 1.29 is 0 Å². The van der Waals surface area contributed by atoms with E-state index in [2.05, 4.69) is 10.1 Å². The molecule has 0 spiro atoms. The number of hydrogen-bond donors (Lipinski definition) is 1. The van der Waals surface area contributed by atoms with Gasteiger partial charge in [-0.05, 0) is 13.0 Å². The maximum Gasteiger partial charge on any atom is 0.156 e. The minimum absolute atomic E-state index is 0.454. The van der Waals surface area contributed by atoms with Crippen molar-refractivity contribution in [2.75, 3.05) is 0 Å². The maximum absolute atomic E-state index is 5.74. The molecule has 2 heterocycles. The zero-order valence-electron chi connectivity index (χ0n) is 10.2. The standard InChI is InChI=1S/C14H14N4/c1-10-7-12(9-15)18-14(16-10)8-13(17-18)11-5-3-2-4-6-11/h2-8H,9,15H2,1H3. The van der Waals surface area contributed by atoms with Crippen LogP contribution in [-0.2, 0) is 6.54 Å². The van der Waals surface area contributed by atoms with E-state index < -0.39 is 0 Å². The molecule has 18 heavy (non-hydrogen) atoms. The fourth-order valence-electron chi connectivity index (χ4n) is 2.07. The van der Waals surface area contributed by atoms with E-state index in [0.29, 0.717) is 6.54 Å². The number of fused-ring (bicyclic) bond motifs is 1. The summed E-state index contributed by atoms with van der Waals surface area (Å²) < 4.78 is 1.81. The Balaban J connectivity index is 2.23. The molecular weight excluding hydrogens is 224 g/mol. The average Bonchev–Trinajstić information content (AvgIpc) is 2.82. The summed E-state index contributed by atoms with van der Waals surface area (Å²) in [4.78, 5) is 4.48. The lowest BCUT2D eigenvalue weighted by atomic mass is 10.2. The lowest BCUT2D eigenvalue weighted by Gasteiger charge is -2.02. The predicted octanol–water partition coefficient (Wildman–Crippen LogP) is 2.16. The van der Waals surface area contributed by atoms with E-state index >= 15 is 0 Å². The van der Waals surface area contributed by atoms with Crippen molar-refractivity contribution in [2.24, 2.45) is 5.73 Å². The molecule has 1 aromatic carbocycles. The Bertz CT molecular complexity index is 686. The molecule has 0 saturated heterocycles. The molecule has 3 aromatic rings. The zero-order valence-corrected chi connectivity index (χ0v) is 10.2. The minimum atomic E-state index is 0.454. The first kappa shape index (κ1) is 10.9. The molecule has 0 atom stereocenters. The van der Waals surface area contributed by atoms with Crippen LogP contribution in [-0.4, -0.2) is 14.6 Å². The number of rotatable bonds is 2. The van der Waals surface area contributed by atoms with Crippen LogP contribution in [0.25, 0.3) is 16.9 Å². The maximum atomic E-state index is 5.74. The number of benzene rings is 1. The Morgan fingerprint density at radius 3 is 2.67 bits per heavy atom. The molecular formula is C14H14N4. The molecule has 2 N–H and O–H groups in total. The first-order chi connectivity index (χ1) is 8.78. The Hall–Kier alpha value is -2.20. The highest BCUT2D eigenvalue weighted by atomic mass is 15.3. The van der Waals surface area contributed by atoms with E-state index in [1.807, 2.05) is 53.9 Å². The SMILES string of the molecule is Cc1cc(CN)n2nc(-c3ccccc3)cc2n1. The summed E-state index contributed by atoms with van der Waals surface area (Å²) in [6.45, 7) is 2.42. The van der Waals surface area contributed by atoms with Gasteiger partial charge in [-0.2, -0.15) is 5.10 Å². The molecule has 2 aromatic heterocycles. The largest absolute Gasteiger partial charge is 0.325 e. The number of hydrogen-bond acceptors (Lipinski definition) is 3. The Morgan fingerprint density at radius 1 is 1.17 bits per heavy atom. The van der Waals surface area contributed by atoms with E-state index in [0.717, 1.165) is 28.3 Å². The van der Waals surface area contributed by atoms with Crippen LogP contribution in [0, 0.1) is 6.92 Å². The van der Waals surface area contributed by atoms with Gasteiger partial charge in [0.2, 0.25) is 0 Å². The molecule has 0 aliphatic heterocycles. The van der Waals surface area contributed by atoms with Gasteiger partial charge in [0.05, 0.1) is 11.4 Å². The van der Waals surface area contributed by atoms with Crippen molar-refractivity contribution in [3.63, 3.8) is 0 Å². The van der Waals surface area contributed by atoms with Crippen molar-refractivity contribution in [2.45, 2.75) is 13.5 Å². The molecule has 4 nitrogen and oxygen atoms in total. The van der Waals surface area contributed by atoms with E-state index in [1.54, 1.807) is 0 Å². The first-order valence-electron chi connectivity index (χ1n) is 5.90. The Morgan fingerprint density at radius 2 is 1.94 bits per heavy atom. The summed E-state index contributed by atoms with van der Waals surface area (Å²) in [5.74, 6) is 0. The summed E-state index contributed by atoms with van der Waals surface area (Å²) in [6.07, 6.45) is 0. The Kier molecular flexibility index (Phi) is 2.57. The van der Waals surface area contributed by atoms with Crippen LogP contribution in [0.2, 0.25) is 0 Å². The van der Waals surface area contributed by atoms with Crippen LogP contribution in [0.4, 0.5) is 0 Å². The van der Waals surface area contributed by atoms with Gasteiger partial charge in [-0.25, -0.2) is 9.50 Å². The first-order valence-corrected chi connectivity index (χ1v) is 5.90. The molecule has 0 aliphatic rings. The number of aryl methyl sites for hydroxylation is 1. The second kappa shape index (κ2) is 4.23. The average molecular weight is 238 g/mol. The van der Waals surface area contributed by atoms with Crippen molar-refractivity contribution in [1.82, 2.24) is 14.6 Å². The highest BCUT2D eigenvalue weighted by Gasteiger charge is 2.08. The van der Waals surface area contributed by atoms with Crippen LogP contribution in [0.3, 0.4) is 0 Å². The highest BCUT2D eigenvalue weighted by molar-refractivity contribution is 5.64. The van der Waals surface area contributed by atoms with Crippen molar-refractivity contribution >= 4 is 5.65 Å². The predicted molar refractivity (Wildman–Crippen MR) is 71.1 cm³/mol. The molecule has 0 saturated carbocycles. The fraction of sp³-hybridized carbons (Fsp3) is 0.143. The molecule has 0 amide bonds. The smallest absolute Gasteiger partial charge is 0.156 e. The number of nitrogens with zero attached hydrogens (tertiary/aromatic N) is 3. The van der Waals surface area contributed by atoms with Crippen molar-refractivity contribution in [1.29, 1.82) is 0 Å². The van der Waals surface area contributed by atoms with Gasteiger partial charge in [0.25, 0.3) is 0 Å². The summed E-state index contributed by atoms with van der Waals surface area (Å²) in [5.41, 5.74) is 10.5.